The molecule has 1 unspecified atom stereocenters. The fourth-order valence-electron chi connectivity index (χ4n) is 2.91. The highest BCUT2D eigenvalue weighted by Crippen LogP contribution is 2.19. The van der Waals surface area contributed by atoms with Crippen LogP contribution in [0.4, 0.5) is 5.69 Å². The van der Waals surface area contributed by atoms with E-state index < -0.39 is 6.04 Å². The van der Waals surface area contributed by atoms with E-state index in [4.69, 9.17) is 11.5 Å². The van der Waals surface area contributed by atoms with Crippen LogP contribution in [0.1, 0.15) is 32.3 Å². The number of carbonyl (C=O) groups is 2. The number of anilines is 1. The Labute approximate surface area is 143 Å². The number of primary amides is 1. The van der Waals surface area contributed by atoms with Gasteiger partial charge in [-0.2, -0.15) is 0 Å². The van der Waals surface area contributed by atoms with Crippen LogP contribution < -0.4 is 16.8 Å². The van der Waals surface area contributed by atoms with Crippen LogP contribution in [0.2, 0.25) is 0 Å². The molecule has 0 bridgehead atoms. The summed E-state index contributed by atoms with van der Waals surface area (Å²) >= 11 is 0. The molecule has 2 atom stereocenters. The Hall–Kier alpha value is -1.92. The number of nitrogens with two attached hydrogens (primary N) is 2. The molecule has 0 aliphatic carbocycles. The number of nitrogens with zero attached hydrogens (tertiary/aromatic N) is 1. The summed E-state index contributed by atoms with van der Waals surface area (Å²) in [5, 5.41) is 2.84. The highest BCUT2D eigenvalue weighted by atomic mass is 16.2. The molecule has 24 heavy (non-hydrogen) atoms. The van der Waals surface area contributed by atoms with E-state index in [9.17, 15) is 9.59 Å². The lowest BCUT2D eigenvalue weighted by Gasteiger charge is -2.31. The van der Waals surface area contributed by atoms with Crippen molar-refractivity contribution < 1.29 is 9.59 Å². The summed E-state index contributed by atoms with van der Waals surface area (Å²) < 4.78 is 0. The molecule has 1 aromatic carbocycles. The van der Waals surface area contributed by atoms with Gasteiger partial charge in [-0.15, -0.1) is 0 Å². The fourth-order valence-corrected chi connectivity index (χ4v) is 2.91. The van der Waals surface area contributed by atoms with E-state index in [0.717, 1.165) is 43.7 Å². The van der Waals surface area contributed by atoms with Crippen LogP contribution in [0.3, 0.4) is 0 Å². The summed E-state index contributed by atoms with van der Waals surface area (Å²) in [7, 11) is 0. The normalized spacial score (nSPS) is 19.9. The first-order chi connectivity index (χ1) is 11.4. The molecule has 1 aromatic rings. The zero-order valence-corrected chi connectivity index (χ0v) is 14.5. The highest BCUT2D eigenvalue weighted by Gasteiger charge is 2.23. The zero-order chi connectivity index (χ0) is 17.7. The molecule has 132 valence electrons. The molecule has 0 radical (unpaired) electrons. The van der Waals surface area contributed by atoms with E-state index in [0.29, 0.717) is 0 Å². The molecule has 6 heteroatoms. The van der Waals surface area contributed by atoms with Crippen molar-refractivity contribution in [2.24, 2.45) is 23.3 Å². The maximum absolute atomic E-state index is 12.0. The number of piperidine rings is 1. The van der Waals surface area contributed by atoms with Gasteiger partial charge >= 0.3 is 0 Å². The van der Waals surface area contributed by atoms with Gasteiger partial charge in [0, 0.05) is 18.8 Å². The van der Waals surface area contributed by atoms with Crippen LogP contribution in [0.25, 0.3) is 0 Å². The number of hydrogen-bond acceptors (Lipinski definition) is 4. The predicted molar refractivity (Wildman–Crippen MR) is 95.1 cm³/mol. The maximum atomic E-state index is 12.0. The third-order valence-electron chi connectivity index (χ3n) is 4.56. The van der Waals surface area contributed by atoms with Crippen molar-refractivity contribution in [2.45, 2.75) is 39.3 Å². The van der Waals surface area contributed by atoms with Gasteiger partial charge < -0.3 is 16.8 Å². The average Bonchev–Trinajstić information content (AvgIpc) is 2.56. The molecular formula is C18H28N4O2. The van der Waals surface area contributed by atoms with Crippen molar-refractivity contribution >= 4 is 17.5 Å². The molecular weight excluding hydrogens is 304 g/mol. The van der Waals surface area contributed by atoms with Gasteiger partial charge in [-0.25, -0.2) is 0 Å². The molecule has 1 aliphatic rings. The Bertz CT molecular complexity index is 571. The minimum atomic E-state index is -0.510. The second-order valence-electron chi connectivity index (χ2n) is 6.93. The fraction of sp³-hybridized carbons (Fsp3) is 0.556. The van der Waals surface area contributed by atoms with Crippen LogP contribution in [0.5, 0.6) is 0 Å². The Kier molecular flexibility index (Phi) is 6.34. The van der Waals surface area contributed by atoms with Gasteiger partial charge in [0.25, 0.3) is 0 Å². The summed E-state index contributed by atoms with van der Waals surface area (Å²) in [6.07, 6.45) is 1.88. The molecule has 2 rings (SSSR count). The van der Waals surface area contributed by atoms with Gasteiger partial charge in [0.1, 0.15) is 0 Å². The van der Waals surface area contributed by atoms with E-state index in [1.807, 2.05) is 38.1 Å². The number of likely N-dealkylation sites (tertiary alicyclic amines) is 1. The monoisotopic (exact) mass is 332 g/mol. The first-order valence-electron chi connectivity index (χ1n) is 8.54. The molecule has 6 nitrogen and oxygen atoms in total. The second-order valence-corrected chi connectivity index (χ2v) is 6.93. The van der Waals surface area contributed by atoms with Gasteiger partial charge in [-0.1, -0.05) is 26.0 Å². The first-order valence-corrected chi connectivity index (χ1v) is 8.54. The number of hydrogen-bond donors (Lipinski definition) is 3. The number of nitrogens with one attached hydrogen (secondary N) is 1. The number of carbonyl (C=O) groups excluding carboxylic acids is 2. The van der Waals surface area contributed by atoms with Crippen LogP contribution in [0.15, 0.2) is 24.3 Å². The summed E-state index contributed by atoms with van der Waals surface area (Å²) in [5.41, 5.74) is 13.1. The van der Waals surface area contributed by atoms with Gasteiger partial charge in [0.2, 0.25) is 11.8 Å². The number of amides is 2. The molecule has 5 N–H and O–H groups in total. The molecule has 0 spiro atoms. The SMILES string of the molecule is CC(C)[C@H](N)C(=O)Nc1ccc(CN2CCCC(C(N)=O)C2)cc1. The van der Waals surface area contributed by atoms with Gasteiger partial charge in [-0.05, 0) is 43.0 Å². The Balaban J connectivity index is 1.90. The quantitative estimate of drug-likeness (QED) is 0.731. The van der Waals surface area contributed by atoms with Crippen LogP contribution >= 0.6 is 0 Å². The molecule has 2 amide bonds. The molecule has 1 heterocycles. The van der Waals surface area contributed by atoms with Gasteiger partial charge in [-0.3, -0.25) is 14.5 Å². The molecule has 1 aliphatic heterocycles. The average molecular weight is 332 g/mol. The third-order valence-corrected chi connectivity index (χ3v) is 4.56. The molecule has 1 saturated heterocycles. The van der Waals surface area contributed by atoms with Gasteiger partial charge in [0.05, 0.1) is 12.0 Å². The van der Waals surface area contributed by atoms with Crippen LogP contribution in [-0.4, -0.2) is 35.8 Å². The van der Waals surface area contributed by atoms with E-state index in [-0.39, 0.29) is 23.7 Å². The van der Waals surface area contributed by atoms with Gasteiger partial charge in [0.15, 0.2) is 0 Å². The van der Waals surface area contributed by atoms with Crippen molar-refractivity contribution in [1.29, 1.82) is 0 Å². The maximum Gasteiger partial charge on any atom is 0.241 e. The summed E-state index contributed by atoms with van der Waals surface area (Å²) in [5.74, 6) is -0.325. The van der Waals surface area contributed by atoms with Crippen LogP contribution in [0, 0.1) is 11.8 Å². The lowest BCUT2D eigenvalue weighted by molar-refractivity contribution is -0.123. The minimum Gasteiger partial charge on any atom is -0.369 e. The van der Waals surface area contributed by atoms with Crippen molar-refractivity contribution in [1.82, 2.24) is 4.90 Å². The van der Waals surface area contributed by atoms with E-state index in [1.165, 1.54) is 0 Å². The number of benzene rings is 1. The molecule has 0 aromatic heterocycles. The van der Waals surface area contributed by atoms with Crippen LogP contribution in [-0.2, 0) is 16.1 Å². The minimum absolute atomic E-state index is 0.0465. The van der Waals surface area contributed by atoms with Crippen molar-refractivity contribution in [3.8, 4) is 0 Å². The summed E-state index contributed by atoms with van der Waals surface area (Å²) in [6, 6.07) is 7.24. The molecule has 1 fully saturated rings. The van der Waals surface area contributed by atoms with Crippen molar-refractivity contribution in [3.63, 3.8) is 0 Å². The second kappa shape index (κ2) is 8.26. The topological polar surface area (TPSA) is 101 Å². The lowest BCUT2D eigenvalue weighted by atomic mass is 9.97. The largest absolute Gasteiger partial charge is 0.369 e. The smallest absolute Gasteiger partial charge is 0.241 e. The summed E-state index contributed by atoms with van der Waals surface area (Å²) in [6.45, 7) is 6.32. The first kappa shape index (κ1) is 18.4. The highest BCUT2D eigenvalue weighted by molar-refractivity contribution is 5.94. The summed E-state index contributed by atoms with van der Waals surface area (Å²) in [4.78, 5) is 25.6. The van der Waals surface area contributed by atoms with Crippen molar-refractivity contribution in [3.05, 3.63) is 29.8 Å². The molecule has 0 saturated carbocycles. The van der Waals surface area contributed by atoms with E-state index in [1.54, 1.807) is 0 Å². The zero-order valence-electron chi connectivity index (χ0n) is 14.5. The Morgan fingerprint density at radius 3 is 2.54 bits per heavy atom. The lowest BCUT2D eigenvalue weighted by Crippen LogP contribution is -2.40. The van der Waals surface area contributed by atoms with E-state index >= 15 is 0 Å². The van der Waals surface area contributed by atoms with Crippen molar-refractivity contribution in [2.75, 3.05) is 18.4 Å². The Morgan fingerprint density at radius 1 is 1.29 bits per heavy atom. The standard InChI is InChI=1S/C18H28N4O2/c1-12(2)16(19)18(24)21-15-7-5-13(6-8-15)10-22-9-3-4-14(11-22)17(20)23/h5-8,12,14,16H,3-4,9-11,19H2,1-2H3,(H2,20,23)(H,21,24)/t14?,16-/m0/s1. The Morgan fingerprint density at radius 2 is 1.96 bits per heavy atom. The van der Waals surface area contributed by atoms with E-state index in [2.05, 4.69) is 10.2 Å². The number of rotatable bonds is 6. The predicted octanol–water partition coefficient (Wildman–Crippen LogP) is 1.31. The third kappa shape index (κ3) is 5.04.